The summed E-state index contributed by atoms with van der Waals surface area (Å²) < 4.78 is 7.98. The summed E-state index contributed by atoms with van der Waals surface area (Å²) >= 11 is 0. The van der Waals surface area contributed by atoms with Crippen molar-refractivity contribution >= 4 is 43.7 Å². The maximum absolute atomic E-state index is 5.65. The van der Waals surface area contributed by atoms with Crippen molar-refractivity contribution in [3.05, 3.63) is 247 Å². The Labute approximate surface area is 331 Å². The molecule has 0 saturated heterocycles. The minimum atomic E-state index is -0.180. The Bertz CT molecular complexity index is 2970. The van der Waals surface area contributed by atoms with Crippen LogP contribution in [0.3, 0.4) is 0 Å². The Morgan fingerprint density at radius 2 is 0.596 bits per heavy atom. The van der Waals surface area contributed by atoms with Gasteiger partial charge in [-0.1, -0.05) is 188 Å². The molecule has 57 heavy (non-hydrogen) atoms. The zero-order valence-electron chi connectivity index (χ0n) is 31.2. The molecule has 1 spiro atoms. The Balaban J connectivity index is 0.000000104. The van der Waals surface area contributed by atoms with Gasteiger partial charge in [-0.15, -0.1) is 0 Å². The van der Waals surface area contributed by atoms with E-state index in [1.165, 1.54) is 82.8 Å². The van der Waals surface area contributed by atoms with Crippen LogP contribution in [-0.4, -0.2) is 4.57 Å². The number of furan rings is 1. The van der Waals surface area contributed by atoms with Crippen LogP contribution in [0, 0.1) is 0 Å². The second-order valence-corrected chi connectivity index (χ2v) is 14.7. The summed E-state index contributed by atoms with van der Waals surface area (Å²) in [4.78, 5) is 0. The number of hydrogen-bond donors (Lipinski definition) is 0. The Morgan fingerprint density at radius 1 is 0.281 bits per heavy atom. The summed E-state index contributed by atoms with van der Waals surface area (Å²) in [5, 5.41) is 5.00. The number of fused-ring (bicyclic) bond motifs is 16. The fraction of sp³-hybridized carbons (Fsp3) is 0.0182. The molecule has 268 valence electrons. The molecule has 0 atom stereocenters. The summed E-state index contributed by atoms with van der Waals surface area (Å²) in [5.41, 5.74) is 16.6. The lowest BCUT2D eigenvalue weighted by Crippen LogP contribution is -2.25. The fourth-order valence-electron chi connectivity index (χ4n) is 9.50. The van der Waals surface area contributed by atoms with Crippen molar-refractivity contribution in [1.29, 1.82) is 0 Å². The minimum absolute atomic E-state index is 0.180. The van der Waals surface area contributed by atoms with E-state index < -0.39 is 0 Å². The summed E-state index contributed by atoms with van der Waals surface area (Å²) in [7, 11) is 0. The predicted molar refractivity (Wildman–Crippen MR) is 237 cm³/mol. The third-order valence-electron chi connectivity index (χ3n) is 11.8. The number of nitrogens with zero attached hydrogens (tertiary/aromatic N) is 1. The standard InChI is InChI=1S/C25H16.C18H13N.C12H8O/c1-5-13-21-17(9-1)18-10-2-6-14-22(18)25(21)23-15-7-3-11-19(23)20-12-4-8-16-24(20)25;1-2-8-14(9-3-1)19-17-12-6-4-10-15(17)16-11-5-7-13-18(16)19;1-3-7-11-9(5-1)10-6-2-4-8-12(10)13-11/h1-16H;1-13H;1-8H. The van der Waals surface area contributed by atoms with E-state index in [-0.39, 0.29) is 5.41 Å². The van der Waals surface area contributed by atoms with E-state index >= 15 is 0 Å². The Hall–Kier alpha value is -7.42. The van der Waals surface area contributed by atoms with E-state index in [4.69, 9.17) is 4.42 Å². The van der Waals surface area contributed by atoms with Crippen molar-refractivity contribution in [2.24, 2.45) is 0 Å². The summed E-state index contributed by atoms with van der Waals surface area (Å²) in [6, 6.07) is 79.5. The fourth-order valence-corrected chi connectivity index (χ4v) is 9.50. The number of aromatic nitrogens is 1. The lowest BCUT2D eigenvalue weighted by atomic mass is 9.70. The van der Waals surface area contributed by atoms with Crippen LogP contribution in [-0.2, 0) is 5.41 Å². The largest absolute Gasteiger partial charge is 0.456 e. The highest BCUT2D eigenvalue weighted by molar-refractivity contribution is 6.09. The highest BCUT2D eigenvalue weighted by atomic mass is 16.3. The number of benzene rings is 9. The monoisotopic (exact) mass is 727 g/mol. The number of rotatable bonds is 1. The minimum Gasteiger partial charge on any atom is -0.456 e. The summed E-state index contributed by atoms with van der Waals surface area (Å²) in [5.74, 6) is 0. The van der Waals surface area contributed by atoms with Crippen molar-refractivity contribution in [1.82, 2.24) is 4.57 Å². The van der Waals surface area contributed by atoms with Crippen molar-refractivity contribution in [2.45, 2.75) is 5.41 Å². The van der Waals surface area contributed by atoms with Crippen LogP contribution < -0.4 is 0 Å². The van der Waals surface area contributed by atoms with Gasteiger partial charge in [-0.05, 0) is 80.9 Å². The van der Waals surface area contributed by atoms with E-state index in [1.807, 2.05) is 36.4 Å². The molecule has 2 aliphatic carbocycles. The van der Waals surface area contributed by atoms with E-state index in [9.17, 15) is 0 Å². The van der Waals surface area contributed by atoms with Gasteiger partial charge in [0.2, 0.25) is 0 Å². The lowest BCUT2D eigenvalue weighted by Gasteiger charge is -2.30. The van der Waals surface area contributed by atoms with Gasteiger partial charge in [0.25, 0.3) is 0 Å². The Morgan fingerprint density at radius 3 is 1.02 bits per heavy atom. The van der Waals surface area contributed by atoms with Crippen LogP contribution in [0.2, 0.25) is 0 Å². The summed E-state index contributed by atoms with van der Waals surface area (Å²) in [6.45, 7) is 0. The maximum Gasteiger partial charge on any atom is 0.135 e. The van der Waals surface area contributed by atoms with Gasteiger partial charge in [0, 0.05) is 27.2 Å². The molecule has 0 fully saturated rings. The molecular weight excluding hydrogens is 691 g/mol. The van der Waals surface area contributed by atoms with Gasteiger partial charge >= 0.3 is 0 Å². The van der Waals surface area contributed by atoms with Gasteiger partial charge in [-0.25, -0.2) is 0 Å². The summed E-state index contributed by atoms with van der Waals surface area (Å²) in [6.07, 6.45) is 0. The molecule has 2 nitrogen and oxygen atoms in total. The van der Waals surface area contributed by atoms with Gasteiger partial charge in [-0.2, -0.15) is 0 Å². The van der Waals surface area contributed by atoms with Gasteiger partial charge in [-0.3, -0.25) is 0 Å². The Kier molecular flexibility index (Phi) is 7.75. The highest BCUT2D eigenvalue weighted by Gasteiger charge is 2.51. The zero-order valence-corrected chi connectivity index (χ0v) is 31.2. The average Bonchev–Trinajstić information content (AvgIpc) is 4.01. The molecule has 0 aliphatic heterocycles. The molecule has 0 amide bonds. The molecule has 2 heterocycles. The molecule has 2 aliphatic rings. The van der Waals surface area contributed by atoms with Crippen LogP contribution >= 0.6 is 0 Å². The second-order valence-electron chi connectivity index (χ2n) is 14.7. The van der Waals surface area contributed by atoms with E-state index in [0.717, 1.165) is 11.2 Å². The van der Waals surface area contributed by atoms with E-state index in [1.54, 1.807) is 0 Å². The highest BCUT2D eigenvalue weighted by Crippen LogP contribution is 2.62. The first kappa shape index (κ1) is 33.0. The van der Waals surface area contributed by atoms with Crippen LogP contribution in [0.15, 0.2) is 229 Å². The lowest BCUT2D eigenvalue weighted by molar-refractivity contribution is 0.669. The smallest absolute Gasteiger partial charge is 0.135 e. The topological polar surface area (TPSA) is 18.1 Å². The molecule has 0 saturated carbocycles. The van der Waals surface area contributed by atoms with E-state index in [2.05, 4.69) is 193 Å². The SMILES string of the molecule is c1ccc(-n2c3ccccc3c3ccccc32)cc1.c1ccc2c(c1)-c1ccccc1C21c2ccccc2-c2ccccc21.c1ccc2c(c1)oc1ccccc12. The molecule has 2 heteroatoms. The van der Waals surface area contributed by atoms with Crippen LogP contribution in [0.5, 0.6) is 0 Å². The van der Waals surface area contributed by atoms with Gasteiger partial charge in [0.05, 0.1) is 16.4 Å². The molecule has 0 bridgehead atoms. The molecule has 0 unspecified atom stereocenters. The molecule has 11 aromatic rings. The van der Waals surface area contributed by atoms with Crippen molar-refractivity contribution in [2.75, 3.05) is 0 Å². The third-order valence-corrected chi connectivity index (χ3v) is 11.8. The third kappa shape index (κ3) is 5.04. The quantitative estimate of drug-likeness (QED) is 0.165. The van der Waals surface area contributed by atoms with Gasteiger partial charge in [0.15, 0.2) is 0 Å². The average molecular weight is 728 g/mol. The normalized spacial score (nSPS) is 12.7. The van der Waals surface area contributed by atoms with Gasteiger partial charge < -0.3 is 8.98 Å². The molecule has 2 aromatic heterocycles. The first-order chi connectivity index (χ1) is 28.3. The van der Waals surface area contributed by atoms with Gasteiger partial charge in [0.1, 0.15) is 11.2 Å². The molecule has 0 N–H and O–H groups in total. The molecule has 13 rings (SSSR count). The number of hydrogen-bond acceptors (Lipinski definition) is 1. The van der Waals surface area contributed by atoms with Crippen LogP contribution in [0.1, 0.15) is 22.3 Å². The molecule has 9 aromatic carbocycles. The predicted octanol–water partition coefficient (Wildman–Crippen LogP) is 14.4. The molecular formula is C55H37NO. The zero-order chi connectivity index (χ0) is 37.8. The first-order valence-corrected chi connectivity index (χ1v) is 19.6. The van der Waals surface area contributed by atoms with Crippen LogP contribution in [0.4, 0.5) is 0 Å². The van der Waals surface area contributed by atoms with E-state index in [0.29, 0.717) is 0 Å². The molecule has 0 radical (unpaired) electrons. The first-order valence-electron chi connectivity index (χ1n) is 19.6. The van der Waals surface area contributed by atoms with Crippen LogP contribution in [0.25, 0.3) is 71.7 Å². The van der Waals surface area contributed by atoms with Crippen molar-refractivity contribution < 1.29 is 4.42 Å². The second kappa shape index (κ2) is 13.4. The number of para-hydroxylation sites is 5. The van der Waals surface area contributed by atoms with Crippen molar-refractivity contribution in [3.63, 3.8) is 0 Å². The maximum atomic E-state index is 5.65. The van der Waals surface area contributed by atoms with Crippen molar-refractivity contribution in [3.8, 4) is 27.9 Å².